The van der Waals surface area contributed by atoms with Crippen molar-refractivity contribution in [3.05, 3.63) is 48.6 Å². The topological polar surface area (TPSA) is 0 Å². The van der Waals surface area contributed by atoms with Gasteiger partial charge >= 0.3 is 21.7 Å². The van der Waals surface area contributed by atoms with Crippen LogP contribution in [-0.4, -0.2) is 31.7 Å². The molecule has 0 amide bonds. The number of unbranched alkanes of at least 4 members (excludes halogenated alkanes) is 30. The van der Waals surface area contributed by atoms with Gasteiger partial charge in [0.15, 0.2) is 0 Å². The van der Waals surface area contributed by atoms with E-state index in [1.165, 1.54) is 223 Å². The van der Waals surface area contributed by atoms with Gasteiger partial charge in [-0.3, -0.25) is 12.2 Å². The van der Waals surface area contributed by atoms with E-state index in [2.05, 4.69) is 52.2 Å². The SMILES string of the molecule is CCCCCCCCCCCCCCCCCC[N+](C)(C)CCCCCCCCCCCCCCCCCC.[C-]1=CC=CC1.[C-]1=CC=CC1.[Cl-].[Cl-].[Ti+4]. The first-order valence-corrected chi connectivity index (χ1v) is 22.4. The molecule has 0 spiro atoms. The Bertz CT molecular complexity index is 665. The summed E-state index contributed by atoms with van der Waals surface area (Å²) in [6, 6.07) is 0. The molecule has 2 rings (SSSR count). The molecule has 0 saturated carbocycles. The van der Waals surface area contributed by atoms with Crippen molar-refractivity contribution in [3.8, 4) is 0 Å². The van der Waals surface area contributed by atoms with E-state index < -0.39 is 0 Å². The molecule has 0 unspecified atom stereocenters. The van der Waals surface area contributed by atoms with Gasteiger partial charge in [0.2, 0.25) is 0 Å². The van der Waals surface area contributed by atoms with E-state index in [1.54, 1.807) is 0 Å². The van der Waals surface area contributed by atoms with E-state index in [1.807, 2.05) is 24.3 Å². The molecule has 0 aromatic heterocycles. The van der Waals surface area contributed by atoms with Crippen molar-refractivity contribution in [1.82, 2.24) is 0 Å². The van der Waals surface area contributed by atoms with Gasteiger partial charge in [0.25, 0.3) is 0 Å². The molecule has 0 aliphatic heterocycles. The van der Waals surface area contributed by atoms with Crippen molar-refractivity contribution in [1.29, 1.82) is 0 Å². The van der Waals surface area contributed by atoms with Crippen molar-refractivity contribution in [2.75, 3.05) is 27.2 Å². The Morgan fingerprint density at radius 2 is 0.577 bits per heavy atom. The molecule has 4 heteroatoms. The van der Waals surface area contributed by atoms with E-state index in [4.69, 9.17) is 0 Å². The van der Waals surface area contributed by atoms with Crippen LogP contribution in [0, 0.1) is 12.2 Å². The van der Waals surface area contributed by atoms with E-state index in [9.17, 15) is 0 Å². The van der Waals surface area contributed by atoms with Gasteiger partial charge in [-0.05, 0) is 25.7 Å². The molecule has 2 aliphatic rings. The van der Waals surface area contributed by atoms with E-state index in [0.29, 0.717) is 0 Å². The van der Waals surface area contributed by atoms with Crippen LogP contribution in [0.3, 0.4) is 0 Å². The van der Waals surface area contributed by atoms with E-state index in [-0.39, 0.29) is 46.5 Å². The number of allylic oxidation sites excluding steroid dienone is 8. The Kier molecular flexibility index (Phi) is 58.0. The van der Waals surface area contributed by atoms with Crippen LogP contribution in [0.4, 0.5) is 0 Å². The number of halogens is 2. The first-order chi connectivity index (χ1) is 24.1. The monoisotopic (exact) mass is 799 g/mol. The molecule has 0 aromatic rings. The number of hydrogen-bond acceptors (Lipinski definition) is 0. The smallest absolute Gasteiger partial charge is 1.00 e. The summed E-state index contributed by atoms with van der Waals surface area (Å²) in [6.45, 7) is 7.39. The van der Waals surface area contributed by atoms with Crippen LogP contribution in [0.25, 0.3) is 0 Å². The summed E-state index contributed by atoms with van der Waals surface area (Å²) in [5.74, 6) is 0. The predicted molar refractivity (Wildman–Crippen MR) is 224 cm³/mol. The van der Waals surface area contributed by atoms with Crippen LogP contribution in [0.15, 0.2) is 36.5 Å². The van der Waals surface area contributed by atoms with Crippen LogP contribution in [-0.2, 0) is 21.7 Å². The molecule has 0 N–H and O–H groups in total. The minimum Gasteiger partial charge on any atom is -1.00 e. The minimum atomic E-state index is 0. The standard InChI is InChI=1S/C38H80N.2C5H5.2ClH.Ti/c1-5-7-9-11-13-15-17-19-21-23-25-27-29-31-33-35-37-39(3,4)38-36-34-32-30-28-26-24-22-20-18-16-14-12-10-8-6-2;2*1-2-4-5-3-1;;;/h5-38H2,1-4H3;2*1-3H,4H2;2*1H;/q+1;2*-1;;;+4/p-2. The van der Waals surface area contributed by atoms with Crippen LogP contribution in [0.5, 0.6) is 0 Å². The first kappa shape index (κ1) is 58.9. The number of quaternary nitrogens is 1. The van der Waals surface area contributed by atoms with E-state index in [0.717, 1.165) is 12.8 Å². The van der Waals surface area contributed by atoms with Gasteiger partial charge in [-0.1, -0.05) is 194 Å². The molecular formula is C48H90Cl2NTi+. The molecule has 52 heavy (non-hydrogen) atoms. The van der Waals surface area contributed by atoms with Crippen molar-refractivity contribution < 1.29 is 51.0 Å². The summed E-state index contributed by atoms with van der Waals surface area (Å²) >= 11 is 0. The third-order valence-electron chi connectivity index (χ3n) is 10.4. The normalized spacial score (nSPS) is 12.4. The number of nitrogens with zero attached hydrogens (tertiary/aromatic N) is 1. The molecule has 0 fully saturated rings. The number of rotatable bonds is 34. The molecule has 0 saturated heterocycles. The first-order valence-electron chi connectivity index (χ1n) is 22.4. The largest absolute Gasteiger partial charge is 4.00 e. The molecule has 0 aromatic carbocycles. The summed E-state index contributed by atoms with van der Waals surface area (Å²) < 4.78 is 1.25. The zero-order valence-corrected chi connectivity index (χ0v) is 38.7. The van der Waals surface area contributed by atoms with Crippen LogP contribution in [0.2, 0.25) is 0 Å². The molecule has 0 heterocycles. The van der Waals surface area contributed by atoms with Gasteiger partial charge in [0.1, 0.15) is 0 Å². The van der Waals surface area contributed by atoms with Crippen molar-refractivity contribution >= 4 is 0 Å². The van der Waals surface area contributed by atoms with Gasteiger partial charge in [0.05, 0.1) is 27.2 Å². The fraction of sp³-hybridized carbons (Fsp3) is 0.833. The second kappa shape index (κ2) is 51.2. The molecule has 0 bridgehead atoms. The molecule has 304 valence electrons. The Morgan fingerprint density at radius 3 is 0.731 bits per heavy atom. The van der Waals surface area contributed by atoms with Crippen LogP contribution in [0.1, 0.15) is 232 Å². The zero-order valence-electron chi connectivity index (χ0n) is 35.6. The molecular weight excluding hydrogens is 709 g/mol. The summed E-state index contributed by atoms with van der Waals surface area (Å²) in [5, 5.41) is 0. The van der Waals surface area contributed by atoms with Crippen LogP contribution >= 0.6 is 0 Å². The molecule has 2 aliphatic carbocycles. The maximum atomic E-state index is 2.99. The molecule has 0 atom stereocenters. The predicted octanol–water partition coefficient (Wildman–Crippen LogP) is 10.2. The quantitative estimate of drug-likeness (QED) is 0.0263. The third-order valence-corrected chi connectivity index (χ3v) is 10.4. The van der Waals surface area contributed by atoms with Crippen LogP contribution < -0.4 is 24.8 Å². The second-order valence-corrected chi connectivity index (χ2v) is 16.0. The molecule has 1 nitrogen and oxygen atoms in total. The zero-order chi connectivity index (χ0) is 35.6. The minimum absolute atomic E-state index is 0. The van der Waals surface area contributed by atoms with E-state index >= 15 is 0 Å². The third kappa shape index (κ3) is 52.3. The maximum Gasteiger partial charge on any atom is 4.00 e. The fourth-order valence-corrected chi connectivity index (χ4v) is 6.97. The Hall–Kier alpha value is 0.214. The van der Waals surface area contributed by atoms with Crippen molar-refractivity contribution in [2.24, 2.45) is 0 Å². The van der Waals surface area contributed by atoms with Gasteiger partial charge in [-0.15, -0.1) is 12.8 Å². The maximum absolute atomic E-state index is 2.99. The second-order valence-electron chi connectivity index (χ2n) is 16.0. The van der Waals surface area contributed by atoms with Crippen molar-refractivity contribution in [2.45, 2.75) is 232 Å². The molecule has 0 radical (unpaired) electrons. The fourth-order valence-electron chi connectivity index (χ4n) is 6.97. The Morgan fingerprint density at radius 1 is 0.365 bits per heavy atom. The van der Waals surface area contributed by atoms with Gasteiger partial charge in [-0.2, -0.15) is 12.2 Å². The average molecular weight is 800 g/mol. The Balaban J connectivity index is -0.000000753. The van der Waals surface area contributed by atoms with Gasteiger partial charge in [0, 0.05) is 0 Å². The summed E-state index contributed by atoms with van der Waals surface area (Å²) in [4.78, 5) is 0. The summed E-state index contributed by atoms with van der Waals surface area (Å²) in [7, 11) is 4.94. The van der Waals surface area contributed by atoms with Gasteiger partial charge in [-0.25, -0.2) is 24.3 Å². The average Bonchev–Trinajstić information content (AvgIpc) is 3.89. The number of hydrogen-bond donors (Lipinski definition) is 0. The summed E-state index contributed by atoms with van der Waals surface area (Å²) in [6.07, 6.45) is 66.9. The van der Waals surface area contributed by atoms with Crippen molar-refractivity contribution in [3.63, 3.8) is 0 Å². The van der Waals surface area contributed by atoms with Gasteiger partial charge < -0.3 is 29.3 Å². The Labute approximate surface area is 356 Å². The summed E-state index contributed by atoms with van der Waals surface area (Å²) in [5.41, 5.74) is 0.